The molecule has 16 heavy (non-hydrogen) atoms. The zero-order valence-electron chi connectivity index (χ0n) is 9.68. The lowest BCUT2D eigenvalue weighted by molar-refractivity contribution is 0.731. The molecule has 2 rings (SSSR count). The summed E-state index contributed by atoms with van der Waals surface area (Å²) in [6, 6.07) is 2.35. The van der Waals surface area contributed by atoms with E-state index in [1.54, 1.807) is 11.3 Å². The average molecular weight is 235 g/mol. The van der Waals surface area contributed by atoms with Crippen LogP contribution in [0.4, 0.5) is 0 Å². The van der Waals surface area contributed by atoms with Gasteiger partial charge >= 0.3 is 0 Å². The van der Waals surface area contributed by atoms with Crippen LogP contribution in [0, 0.1) is 6.92 Å². The molecule has 4 heteroatoms. The Morgan fingerprint density at radius 1 is 1.56 bits per heavy atom. The van der Waals surface area contributed by atoms with E-state index in [4.69, 9.17) is 5.73 Å². The fourth-order valence-electron chi connectivity index (χ4n) is 1.71. The second-order valence-electron chi connectivity index (χ2n) is 4.26. The first-order valence-corrected chi connectivity index (χ1v) is 6.32. The van der Waals surface area contributed by atoms with Gasteiger partial charge in [-0.3, -0.25) is 0 Å². The van der Waals surface area contributed by atoms with Gasteiger partial charge in [0.1, 0.15) is 5.01 Å². The van der Waals surface area contributed by atoms with Crippen molar-refractivity contribution in [1.29, 1.82) is 0 Å². The highest BCUT2D eigenvalue weighted by atomic mass is 32.1. The lowest BCUT2D eigenvalue weighted by Gasteiger charge is -2.01. The number of hydrogen-bond donors (Lipinski definition) is 1. The molecule has 86 valence electrons. The van der Waals surface area contributed by atoms with Crippen molar-refractivity contribution in [2.75, 3.05) is 0 Å². The fraction of sp³-hybridized carbons (Fsp3) is 0.417. The molecule has 0 radical (unpaired) electrons. The SMILES string of the molecule is Cc1csc(Cn2ccc(CC(C)N)c2)n1. The number of aryl methyl sites for hydroxylation is 1. The van der Waals surface area contributed by atoms with E-state index in [0.717, 1.165) is 23.7 Å². The van der Waals surface area contributed by atoms with Gasteiger partial charge in [0.15, 0.2) is 0 Å². The van der Waals surface area contributed by atoms with Crippen molar-refractivity contribution < 1.29 is 0 Å². The van der Waals surface area contributed by atoms with Crippen LogP contribution in [0.15, 0.2) is 23.8 Å². The Kier molecular flexibility index (Phi) is 3.41. The van der Waals surface area contributed by atoms with Crippen LogP contribution >= 0.6 is 11.3 Å². The van der Waals surface area contributed by atoms with Crippen LogP contribution in [0.2, 0.25) is 0 Å². The number of nitrogens with zero attached hydrogens (tertiary/aromatic N) is 2. The molecular formula is C12H17N3S. The van der Waals surface area contributed by atoms with Gasteiger partial charge in [-0.05, 0) is 31.9 Å². The van der Waals surface area contributed by atoms with Crippen molar-refractivity contribution in [2.24, 2.45) is 5.73 Å². The summed E-state index contributed by atoms with van der Waals surface area (Å²) in [7, 11) is 0. The van der Waals surface area contributed by atoms with E-state index in [0.29, 0.717) is 0 Å². The molecule has 0 saturated heterocycles. The van der Waals surface area contributed by atoms with E-state index in [1.165, 1.54) is 5.56 Å². The van der Waals surface area contributed by atoms with Crippen LogP contribution < -0.4 is 5.73 Å². The smallest absolute Gasteiger partial charge is 0.113 e. The monoisotopic (exact) mass is 235 g/mol. The van der Waals surface area contributed by atoms with Gasteiger partial charge in [-0.2, -0.15) is 0 Å². The van der Waals surface area contributed by atoms with Crippen LogP contribution in [-0.4, -0.2) is 15.6 Å². The van der Waals surface area contributed by atoms with Crippen molar-refractivity contribution in [3.8, 4) is 0 Å². The highest BCUT2D eigenvalue weighted by molar-refractivity contribution is 7.09. The minimum Gasteiger partial charge on any atom is -0.347 e. The first-order chi connectivity index (χ1) is 7.63. The Bertz CT molecular complexity index is 456. The lowest BCUT2D eigenvalue weighted by Crippen LogP contribution is -2.17. The van der Waals surface area contributed by atoms with E-state index in [2.05, 4.69) is 33.4 Å². The Hall–Kier alpha value is -1.13. The van der Waals surface area contributed by atoms with Gasteiger partial charge in [-0.25, -0.2) is 4.98 Å². The Balaban J connectivity index is 2.02. The van der Waals surface area contributed by atoms with E-state index in [9.17, 15) is 0 Å². The molecule has 3 nitrogen and oxygen atoms in total. The molecule has 2 aromatic rings. The van der Waals surface area contributed by atoms with Crippen molar-refractivity contribution in [2.45, 2.75) is 32.9 Å². The third kappa shape index (κ3) is 2.93. The van der Waals surface area contributed by atoms with Crippen LogP contribution in [0.3, 0.4) is 0 Å². The summed E-state index contributed by atoms with van der Waals surface area (Å²) in [4.78, 5) is 4.45. The van der Waals surface area contributed by atoms with Gasteiger partial charge in [0, 0.05) is 29.5 Å². The van der Waals surface area contributed by atoms with Crippen molar-refractivity contribution in [1.82, 2.24) is 9.55 Å². The maximum Gasteiger partial charge on any atom is 0.113 e. The van der Waals surface area contributed by atoms with E-state index in [1.807, 2.05) is 13.8 Å². The number of hydrogen-bond acceptors (Lipinski definition) is 3. The molecule has 0 aliphatic carbocycles. The molecule has 1 unspecified atom stereocenters. The molecule has 0 spiro atoms. The fourth-order valence-corrected chi connectivity index (χ4v) is 2.49. The molecule has 0 bridgehead atoms. The second kappa shape index (κ2) is 4.80. The highest BCUT2D eigenvalue weighted by Crippen LogP contribution is 2.12. The summed E-state index contributed by atoms with van der Waals surface area (Å²) in [6.45, 7) is 4.91. The molecular weight excluding hydrogens is 218 g/mol. The van der Waals surface area contributed by atoms with Crippen LogP contribution in [0.1, 0.15) is 23.2 Å². The first-order valence-electron chi connectivity index (χ1n) is 5.45. The quantitative estimate of drug-likeness (QED) is 0.883. The summed E-state index contributed by atoms with van der Waals surface area (Å²) in [6.07, 6.45) is 5.18. The number of rotatable bonds is 4. The summed E-state index contributed by atoms with van der Waals surface area (Å²) in [5.74, 6) is 0. The number of aromatic nitrogens is 2. The standard InChI is InChI=1S/C12H17N3S/c1-9(13)5-11-3-4-15(6-11)7-12-14-10(2)8-16-12/h3-4,6,8-9H,5,7,13H2,1-2H3. The Morgan fingerprint density at radius 3 is 3.00 bits per heavy atom. The third-order valence-electron chi connectivity index (χ3n) is 2.35. The predicted octanol–water partition coefficient (Wildman–Crippen LogP) is 2.19. The summed E-state index contributed by atoms with van der Waals surface area (Å²) in [5, 5.41) is 3.24. The van der Waals surface area contributed by atoms with Gasteiger partial charge in [-0.1, -0.05) is 0 Å². The summed E-state index contributed by atoms with van der Waals surface area (Å²) >= 11 is 1.71. The highest BCUT2D eigenvalue weighted by Gasteiger charge is 2.03. The normalized spacial score (nSPS) is 12.9. The molecule has 0 aromatic carbocycles. The van der Waals surface area contributed by atoms with Gasteiger partial charge in [0.05, 0.1) is 6.54 Å². The molecule has 1 atom stereocenters. The first kappa shape index (κ1) is 11.4. The van der Waals surface area contributed by atoms with Crippen molar-refractivity contribution in [3.05, 3.63) is 40.1 Å². The van der Waals surface area contributed by atoms with E-state index < -0.39 is 0 Å². The van der Waals surface area contributed by atoms with Crippen molar-refractivity contribution >= 4 is 11.3 Å². The largest absolute Gasteiger partial charge is 0.347 e. The summed E-state index contributed by atoms with van der Waals surface area (Å²) < 4.78 is 2.16. The zero-order valence-corrected chi connectivity index (χ0v) is 10.5. The molecule has 0 aliphatic rings. The van der Waals surface area contributed by atoms with E-state index in [-0.39, 0.29) is 6.04 Å². The summed E-state index contributed by atoms with van der Waals surface area (Å²) in [5.41, 5.74) is 8.16. The minimum atomic E-state index is 0.220. The van der Waals surface area contributed by atoms with Gasteiger partial charge in [0.25, 0.3) is 0 Å². The molecule has 0 amide bonds. The second-order valence-corrected chi connectivity index (χ2v) is 5.20. The molecule has 0 fully saturated rings. The molecule has 0 saturated carbocycles. The van der Waals surface area contributed by atoms with Crippen molar-refractivity contribution in [3.63, 3.8) is 0 Å². The topological polar surface area (TPSA) is 43.8 Å². The Labute approximate surface area is 99.9 Å². The lowest BCUT2D eigenvalue weighted by atomic mass is 10.1. The zero-order chi connectivity index (χ0) is 11.5. The van der Waals surface area contributed by atoms with E-state index >= 15 is 0 Å². The van der Waals surface area contributed by atoms with Crippen LogP contribution in [0.5, 0.6) is 0 Å². The van der Waals surface area contributed by atoms with Crippen LogP contribution in [-0.2, 0) is 13.0 Å². The molecule has 2 heterocycles. The molecule has 2 aromatic heterocycles. The molecule has 2 N–H and O–H groups in total. The predicted molar refractivity (Wildman–Crippen MR) is 67.7 cm³/mol. The minimum absolute atomic E-state index is 0.220. The average Bonchev–Trinajstić information content (AvgIpc) is 2.76. The van der Waals surface area contributed by atoms with Gasteiger partial charge in [-0.15, -0.1) is 11.3 Å². The van der Waals surface area contributed by atoms with Gasteiger partial charge in [0.2, 0.25) is 0 Å². The number of thiazole rings is 1. The van der Waals surface area contributed by atoms with Crippen LogP contribution in [0.25, 0.3) is 0 Å². The maximum absolute atomic E-state index is 5.77. The third-order valence-corrected chi connectivity index (χ3v) is 3.31. The number of nitrogens with two attached hydrogens (primary N) is 1. The maximum atomic E-state index is 5.77. The molecule has 0 aliphatic heterocycles. The Morgan fingerprint density at radius 2 is 2.38 bits per heavy atom. The van der Waals surface area contributed by atoms with Gasteiger partial charge < -0.3 is 10.3 Å².